The van der Waals surface area contributed by atoms with Gasteiger partial charge in [-0.2, -0.15) is 0 Å². The number of hydrogen-bond donors (Lipinski definition) is 0. The first kappa shape index (κ1) is 8.93. The predicted octanol–water partition coefficient (Wildman–Crippen LogP) is 2.76. The minimum Gasteiger partial charge on any atom is -0.437 e. The van der Waals surface area contributed by atoms with Crippen LogP contribution in [-0.4, -0.2) is 6.41 Å². The van der Waals surface area contributed by atoms with E-state index in [9.17, 15) is 0 Å². The Kier molecular flexibility index (Phi) is 1.66. The van der Waals surface area contributed by atoms with E-state index >= 15 is 0 Å². The van der Waals surface area contributed by atoms with Crippen LogP contribution >= 0.6 is 0 Å². The maximum absolute atomic E-state index is 5.84. The highest BCUT2D eigenvalue weighted by atomic mass is 16.7. The predicted molar refractivity (Wildman–Crippen MR) is 64.1 cm³/mol. The lowest BCUT2D eigenvalue weighted by atomic mass is 10.1. The van der Waals surface area contributed by atoms with Crippen molar-refractivity contribution in [2.24, 2.45) is 0 Å². The highest BCUT2D eigenvalue weighted by Crippen LogP contribution is 2.41. The van der Waals surface area contributed by atoms with Crippen LogP contribution in [-0.2, 0) is 6.54 Å². The van der Waals surface area contributed by atoms with Crippen LogP contribution in [0.4, 0.5) is 5.69 Å². The number of benzene rings is 2. The summed E-state index contributed by atoms with van der Waals surface area (Å²) in [6.45, 7) is 0.831. The fourth-order valence-corrected chi connectivity index (χ4v) is 2.37. The highest BCUT2D eigenvalue weighted by molar-refractivity contribution is 5.63. The summed E-state index contributed by atoms with van der Waals surface area (Å²) in [5.41, 5.74) is 2.30. The maximum Gasteiger partial charge on any atom is 0.327 e. The lowest BCUT2D eigenvalue weighted by Gasteiger charge is -2.31. The van der Waals surface area contributed by atoms with E-state index in [1.807, 2.05) is 36.4 Å². The van der Waals surface area contributed by atoms with Crippen LogP contribution < -0.4 is 14.4 Å². The molecule has 3 nitrogen and oxygen atoms in total. The van der Waals surface area contributed by atoms with Gasteiger partial charge in [0.2, 0.25) is 0 Å². The Bertz CT molecular complexity index is 576. The van der Waals surface area contributed by atoms with E-state index in [-0.39, 0.29) is 6.41 Å². The van der Waals surface area contributed by atoms with Gasteiger partial charge in [0.05, 0.1) is 12.2 Å². The van der Waals surface area contributed by atoms with Gasteiger partial charge in [-0.1, -0.05) is 30.3 Å². The van der Waals surface area contributed by atoms with Crippen molar-refractivity contribution in [1.29, 1.82) is 0 Å². The molecule has 1 atom stereocenters. The van der Waals surface area contributed by atoms with Crippen LogP contribution in [0.1, 0.15) is 5.56 Å². The molecule has 2 aromatic carbocycles. The van der Waals surface area contributed by atoms with Crippen LogP contribution in [0, 0.1) is 0 Å². The monoisotopic (exact) mass is 225 g/mol. The quantitative estimate of drug-likeness (QED) is 0.688. The zero-order chi connectivity index (χ0) is 11.2. The van der Waals surface area contributed by atoms with Crippen molar-refractivity contribution in [2.75, 3.05) is 4.90 Å². The van der Waals surface area contributed by atoms with E-state index in [1.54, 1.807) is 0 Å². The third-order valence-corrected chi connectivity index (χ3v) is 3.20. The zero-order valence-corrected chi connectivity index (χ0v) is 9.17. The van der Waals surface area contributed by atoms with Gasteiger partial charge in [-0.25, -0.2) is 0 Å². The molecule has 0 fully saturated rings. The molecular weight excluding hydrogens is 214 g/mol. The minimum absolute atomic E-state index is 0.317. The summed E-state index contributed by atoms with van der Waals surface area (Å²) >= 11 is 0. The van der Waals surface area contributed by atoms with Crippen LogP contribution in [0.2, 0.25) is 0 Å². The van der Waals surface area contributed by atoms with Crippen molar-refractivity contribution in [1.82, 2.24) is 0 Å². The van der Waals surface area contributed by atoms with E-state index in [4.69, 9.17) is 9.47 Å². The molecule has 2 aliphatic rings. The zero-order valence-electron chi connectivity index (χ0n) is 9.17. The van der Waals surface area contributed by atoms with Crippen LogP contribution in [0.15, 0.2) is 48.5 Å². The molecule has 0 saturated heterocycles. The lowest BCUT2D eigenvalue weighted by Crippen LogP contribution is -2.42. The number of nitrogens with zero attached hydrogens (tertiary/aromatic N) is 1. The molecule has 17 heavy (non-hydrogen) atoms. The van der Waals surface area contributed by atoms with Gasteiger partial charge in [0.1, 0.15) is 11.5 Å². The molecule has 0 radical (unpaired) electrons. The molecule has 2 aromatic rings. The van der Waals surface area contributed by atoms with Gasteiger partial charge in [0, 0.05) is 5.56 Å². The molecule has 0 aromatic heterocycles. The van der Waals surface area contributed by atoms with Crippen molar-refractivity contribution in [3.05, 3.63) is 54.1 Å². The lowest BCUT2D eigenvalue weighted by molar-refractivity contribution is 0.00973. The normalized spacial score (nSPS) is 19.8. The van der Waals surface area contributed by atoms with Crippen LogP contribution in [0.3, 0.4) is 0 Å². The van der Waals surface area contributed by atoms with Gasteiger partial charge >= 0.3 is 6.41 Å². The number of anilines is 1. The first-order chi connectivity index (χ1) is 8.42. The molecule has 0 bridgehead atoms. The number of ether oxygens (including phenoxy) is 2. The summed E-state index contributed by atoms with van der Waals surface area (Å²) < 4.78 is 11.6. The molecule has 0 saturated carbocycles. The smallest absolute Gasteiger partial charge is 0.327 e. The van der Waals surface area contributed by atoms with E-state index in [2.05, 4.69) is 17.0 Å². The van der Waals surface area contributed by atoms with Crippen molar-refractivity contribution in [3.8, 4) is 11.5 Å². The van der Waals surface area contributed by atoms with Crippen molar-refractivity contribution in [2.45, 2.75) is 13.0 Å². The Hall–Kier alpha value is -2.16. The van der Waals surface area contributed by atoms with E-state index < -0.39 is 0 Å². The fraction of sp³-hybridized carbons (Fsp3) is 0.143. The molecule has 2 heterocycles. The van der Waals surface area contributed by atoms with Crippen LogP contribution in [0.5, 0.6) is 11.5 Å². The Morgan fingerprint density at radius 2 is 1.59 bits per heavy atom. The third kappa shape index (κ3) is 1.22. The van der Waals surface area contributed by atoms with Gasteiger partial charge in [-0.05, 0) is 18.2 Å². The van der Waals surface area contributed by atoms with Gasteiger partial charge in [-0.15, -0.1) is 0 Å². The van der Waals surface area contributed by atoms with E-state index in [1.165, 1.54) is 5.56 Å². The summed E-state index contributed by atoms with van der Waals surface area (Å²) in [6.07, 6.45) is -0.317. The van der Waals surface area contributed by atoms with Gasteiger partial charge in [0.25, 0.3) is 0 Å². The molecular formula is C14H11NO2. The topological polar surface area (TPSA) is 21.7 Å². The fourth-order valence-electron chi connectivity index (χ4n) is 2.37. The summed E-state index contributed by atoms with van der Waals surface area (Å²) in [6, 6.07) is 16.1. The Labute approximate surface area is 99.2 Å². The first-order valence-corrected chi connectivity index (χ1v) is 5.69. The Morgan fingerprint density at radius 3 is 2.53 bits per heavy atom. The molecule has 84 valence electrons. The van der Waals surface area contributed by atoms with E-state index in [0.29, 0.717) is 0 Å². The second-order valence-corrected chi connectivity index (χ2v) is 4.25. The first-order valence-electron chi connectivity index (χ1n) is 5.69. The molecule has 1 unspecified atom stereocenters. The van der Waals surface area contributed by atoms with Gasteiger partial charge in [-0.3, -0.25) is 4.90 Å². The number of para-hydroxylation sites is 3. The molecule has 0 N–H and O–H groups in total. The number of hydrogen-bond acceptors (Lipinski definition) is 3. The summed E-state index contributed by atoms with van der Waals surface area (Å²) in [5.74, 6) is 1.81. The molecule has 0 aliphatic carbocycles. The summed E-state index contributed by atoms with van der Waals surface area (Å²) in [4.78, 5) is 2.14. The maximum atomic E-state index is 5.84. The Balaban J connectivity index is 1.79. The van der Waals surface area contributed by atoms with Gasteiger partial charge < -0.3 is 9.47 Å². The van der Waals surface area contributed by atoms with Crippen molar-refractivity contribution >= 4 is 5.69 Å². The average molecular weight is 225 g/mol. The second-order valence-electron chi connectivity index (χ2n) is 4.25. The largest absolute Gasteiger partial charge is 0.437 e. The SMILES string of the molecule is c1ccc2c(c1)CN1c3ccccc3OC1O2. The molecule has 0 spiro atoms. The summed E-state index contributed by atoms with van der Waals surface area (Å²) in [7, 11) is 0. The second kappa shape index (κ2) is 3.17. The van der Waals surface area contributed by atoms with E-state index in [0.717, 1.165) is 23.7 Å². The standard InChI is InChI=1S/C14H11NO2/c1-3-7-12-10(5-1)9-15-11-6-2-4-8-13(11)17-14(15)16-12/h1-8,14H,9H2. The Morgan fingerprint density at radius 1 is 0.882 bits per heavy atom. The average Bonchev–Trinajstić information content (AvgIpc) is 2.73. The molecule has 0 amide bonds. The molecule has 3 heteroatoms. The molecule has 4 rings (SSSR count). The summed E-state index contributed by atoms with van der Waals surface area (Å²) in [5, 5.41) is 0. The van der Waals surface area contributed by atoms with Crippen molar-refractivity contribution in [3.63, 3.8) is 0 Å². The van der Waals surface area contributed by atoms with Crippen molar-refractivity contribution < 1.29 is 9.47 Å². The van der Waals surface area contributed by atoms with Crippen LogP contribution in [0.25, 0.3) is 0 Å². The third-order valence-electron chi connectivity index (χ3n) is 3.20. The number of fused-ring (bicyclic) bond motifs is 4. The molecule has 2 aliphatic heterocycles. The minimum atomic E-state index is -0.317. The van der Waals surface area contributed by atoms with Gasteiger partial charge in [0.15, 0.2) is 0 Å². The number of rotatable bonds is 0. The highest BCUT2D eigenvalue weighted by Gasteiger charge is 2.36.